The maximum absolute atomic E-state index is 13.1. The number of rotatable bonds is 4. The Morgan fingerprint density at radius 3 is 2.03 bits per heavy atom. The van der Waals surface area contributed by atoms with Gasteiger partial charge in [-0.05, 0) is 36.4 Å². The Hall–Kier alpha value is -3.69. The molecule has 0 aliphatic rings. The third-order valence-electron chi connectivity index (χ3n) is 4.12. The van der Waals surface area contributed by atoms with Crippen LogP contribution in [0.2, 0.25) is 0 Å². The van der Waals surface area contributed by atoms with Gasteiger partial charge in [-0.3, -0.25) is 9.78 Å². The van der Waals surface area contributed by atoms with Crippen LogP contribution in [0.5, 0.6) is 0 Å². The van der Waals surface area contributed by atoms with E-state index in [-0.39, 0.29) is 22.5 Å². The molecule has 2 aromatic carbocycles. The normalized spacial score (nSPS) is 12.5. The summed E-state index contributed by atoms with van der Waals surface area (Å²) in [6, 6.07) is 12.3. The molecule has 1 heterocycles. The van der Waals surface area contributed by atoms with Gasteiger partial charge in [0, 0.05) is 17.3 Å². The van der Waals surface area contributed by atoms with E-state index in [9.17, 15) is 31.1 Å². The van der Waals surface area contributed by atoms with Crippen LogP contribution in [0.25, 0.3) is 0 Å². The maximum atomic E-state index is 13.1. The van der Waals surface area contributed by atoms with Crippen LogP contribution in [0.15, 0.2) is 78.0 Å². The lowest BCUT2D eigenvalue weighted by Crippen LogP contribution is -2.22. The molecule has 0 fully saturated rings. The summed E-state index contributed by atoms with van der Waals surface area (Å²) in [7, 11) is 0. The lowest BCUT2D eigenvalue weighted by Gasteiger charge is -2.12. The first kappa shape index (κ1) is 22.0. The molecule has 0 spiro atoms. The van der Waals surface area contributed by atoms with Crippen molar-refractivity contribution in [3.05, 3.63) is 101 Å². The molecule has 4 nitrogen and oxygen atoms in total. The van der Waals surface area contributed by atoms with Crippen molar-refractivity contribution >= 4 is 11.6 Å². The molecular formula is C21H13F6N3O. The second-order valence-electron chi connectivity index (χ2n) is 6.27. The Bertz CT molecular complexity index is 1090. The summed E-state index contributed by atoms with van der Waals surface area (Å²) < 4.78 is 77.9. The molecule has 0 bridgehead atoms. The number of halogens is 6. The molecule has 0 unspecified atom stereocenters. The summed E-state index contributed by atoms with van der Waals surface area (Å²) in [6.07, 6.45) is -7.86. The summed E-state index contributed by atoms with van der Waals surface area (Å²) in [6.45, 7) is 0. The van der Waals surface area contributed by atoms with Crippen LogP contribution in [-0.2, 0) is 12.4 Å². The minimum absolute atomic E-state index is 0.00191. The maximum Gasteiger partial charge on any atom is 0.416 e. The predicted octanol–water partition coefficient (Wildman–Crippen LogP) is 5.30. The highest BCUT2D eigenvalue weighted by atomic mass is 19.4. The zero-order valence-corrected chi connectivity index (χ0v) is 15.5. The monoisotopic (exact) mass is 437 g/mol. The fourth-order valence-corrected chi connectivity index (χ4v) is 2.62. The minimum Gasteiger partial charge on any atom is -0.266 e. The smallest absolute Gasteiger partial charge is 0.266 e. The van der Waals surface area contributed by atoms with Crippen molar-refractivity contribution in [1.29, 1.82) is 0 Å². The molecule has 0 radical (unpaired) electrons. The molecule has 31 heavy (non-hydrogen) atoms. The van der Waals surface area contributed by atoms with Gasteiger partial charge in [0.25, 0.3) is 5.91 Å². The minimum atomic E-state index is -4.64. The van der Waals surface area contributed by atoms with Crippen LogP contribution in [0.1, 0.15) is 32.7 Å². The average Bonchev–Trinajstić information content (AvgIpc) is 2.74. The molecule has 3 aromatic rings. The number of hydrogen-bond acceptors (Lipinski definition) is 3. The van der Waals surface area contributed by atoms with E-state index in [1.54, 1.807) is 12.1 Å². The molecule has 3 rings (SSSR count). The lowest BCUT2D eigenvalue weighted by atomic mass is 9.99. The molecule has 0 aliphatic carbocycles. The first-order valence-corrected chi connectivity index (χ1v) is 8.70. The number of carbonyl (C=O) groups is 1. The van der Waals surface area contributed by atoms with Gasteiger partial charge in [0.2, 0.25) is 0 Å². The topological polar surface area (TPSA) is 54.4 Å². The van der Waals surface area contributed by atoms with Gasteiger partial charge >= 0.3 is 12.4 Å². The van der Waals surface area contributed by atoms with Crippen molar-refractivity contribution in [3.8, 4) is 0 Å². The van der Waals surface area contributed by atoms with Gasteiger partial charge in [-0.1, -0.05) is 30.3 Å². The van der Waals surface area contributed by atoms with Gasteiger partial charge in [-0.15, -0.1) is 0 Å². The van der Waals surface area contributed by atoms with Gasteiger partial charge < -0.3 is 0 Å². The number of benzene rings is 2. The number of aromatic nitrogens is 1. The van der Waals surface area contributed by atoms with Crippen molar-refractivity contribution in [1.82, 2.24) is 10.4 Å². The number of pyridine rings is 1. The van der Waals surface area contributed by atoms with Crippen LogP contribution in [-0.4, -0.2) is 16.6 Å². The Kier molecular flexibility index (Phi) is 6.09. The highest BCUT2D eigenvalue weighted by Gasteiger charge is 2.32. The lowest BCUT2D eigenvalue weighted by molar-refractivity contribution is -0.138. The first-order valence-electron chi connectivity index (χ1n) is 8.70. The summed E-state index contributed by atoms with van der Waals surface area (Å²) in [5.74, 6) is -0.739. The third kappa shape index (κ3) is 5.47. The van der Waals surface area contributed by atoms with Gasteiger partial charge in [0.05, 0.1) is 16.8 Å². The van der Waals surface area contributed by atoms with E-state index in [1.165, 1.54) is 18.3 Å². The summed E-state index contributed by atoms with van der Waals surface area (Å²) >= 11 is 0. The summed E-state index contributed by atoms with van der Waals surface area (Å²) in [5, 5.41) is 3.88. The van der Waals surface area contributed by atoms with Crippen LogP contribution < -0.4 is 5.43 Å². The number of hydrazone groups is 1. The second-order valence-corrected chi connectivity index (χ2v) is 6.27. The van der Waals surface area contributed by atoms with Crippen molar-refractivity contribution in [2.45, 2.75) is 12.4 Å². The van der Waals surface area contributed by atoms with Gasteiger partial charge in [0.1, 0.15) is 5.69 Å². The Balaban J connectivity index is 2.03. The van der Waals surface area contributed by atoms with Crippen molar-refractivity contribution in [2.75, 3.05) is 0 Å². The number of carbonyl (C=O) groups excluding carboxylic acids is 1. The molecule has 1 amide bonds. The van der Waals surface area contributed by atoms with Crippen molar-refractivity contribution < 1.29 is 31.1 Å². The number of amides is 1. The molecule has 160 valence electrons. The molecule has 10 heteroatoms. The van der Waals surface area contributed by atoms with E-state index in [2.05, 4.69) is 15.5 Å². The Morgan fingerprint density at radius 1 is 0.774 bits per heavy atom. The quantitative estimate of drug-likeness (QED) is 0.342. The standard InChI is InChI=1S/C21H13F6N3O/c22-20(23,24)15-9-7-13(8-10-15)18(14-4-3-5-16(12-14)21(25,26)27)29-30-19(31)17-6-1-2-11-28-17/h1-12H,(H,30,31)/b29-18+. The van der Waals surface area contributed by atoms with E-state index in [1.807, 2.05) is 0 Å². The number of alkyl halides is 6. The predicted molar refractivity (Wildman–Crippen MR) is 100 cm³/mol. The van der Waals surface area contributed by atoms with Crippen molar-refractivity contribution in [2.24, 2.45) is 5.10 Å². The van der Waals surface area contributed by atoms with Crippen LogP contribution in [0, 0.1) is 0 Å². The fraction of sp³-hybridized carbons (Fsp3) is 0.0952. The third-order valence-corrected chi connectivity index (χ3v) is 4.12. The molecule has 0 atom stereocenters. The van der Waals surface area contributed by atoms with E-state index in [4.69, 9.17) is 0 Å². The average molecular weight is 437 g/mol. The molecule has 1 N–H and O–H groups in total. The molecule has 0 aliphatic heterocycles. The van der Waals surface area contributed by atoms with Crippen LogP contribution in [0.4, 0.5) is 26.3 Å². The zero-order valence-electron chi connectivity index (χ0n) is 15.5. The van der Waals surface area contributed by atoms with Crippen LogP contribution in [0.3, 0.4) is 0 Å². The van der Waals surface area contributed by atoms with Crippen LogP contribution >= 0.6 is 0 Å². The molecule has 1 aromatic heterocycles. The molecule has 0 saturated carbocycles. The number of nitrogens with one attached hydrogen (secondary N) is 1. The van der Waals surface area contributed by atoms with Gasteiger partial charge in [-0.25, -0.2) is 5.43 Å². The second kappa shape index (κ2) is 8.58. The summed E-state index contributed by atoms with van der Waals surface area (Å²) in [4.78, 5) is 16.0. The highest BCUT2D eigenvalue weighted by Crippen LogP contribution is 2.31. The number of nitrogens with zero attached hydrogens (tertiary/aromatic N) is 2. The highest BCUT2D eigenvalue weighted by molar-refractivity contribution is 6.13. The van der Waals surface area contributed by atoms with Gasteiger partial charge in [0.15, 0.2) is 0 Å². The molecular weight excluding hydrogens is 424 g/mol. The van der Waals surface area contributed by atoms with Gasteiger partial charge in [-0.2, -0.15) is 31.4 Å². The largest absolute Gasteiger partial charge is 0.416 e. The van der Waals surface area contributed by atoms with Crippen molar-refractivity contribution in [3.63, 3.8) is 0 Å². The SMILES string of the molecule is O=C(N/N=C(\c1ccc(C(F)(F)F)cc1)c1cccc(C(F)(F)F)c1)c1ccccn1. The molecule has 0 saturated heterocycles. The van der Waals surface area contributed by atoms with E-state index in [0.29, 0.717) is 0 Å². The summed E-state index contributed by atoms with van der Waals surface area (Å²) in [5.41, 5.74) is 0.162. The van der Waals surface area contributed by atoms with E-state index >= 15 is 0 Å². The Labute approximate surface area is 172 Å². The fourth-order valence-electron chi connectivity index (χ4n) is 2.62. The number of hydrogen-bond donors (Lipinski definition) is 1. The Morgan fingerprint density at radius 2 is 1.45 bits per heavy atom. The van der Waals surface area contributed by atoms with E-state index < -0.39 is 29.4 Å². The van der Waals surface area contributed by atoms with E-state index in [0.717, 1.165) is 42.5 Å². The zero-order chi connectivity index (χ0) is 22.6. The first-order chi connectivity index (χ1) is 14.6.